The predicted octanol–water partition coefficient (Wildman–Crippen LogP) is 1.72. The fourth-order valence-electron chi connectivity index (χ4n) is 2.92. The largest absolute Gasteiger partial charge is 0.492 e. The molecule has 2 atom stereocenters. The Bertz CT molecular complexity index is 917. The second-order valence-corrected chi connectivity index (χ2v) is 11.4. The van der Waals surface area contributed by atoms with Gasteiger partial charge in [0.2, 0.25) is 11.8 Å². The average molecular weight is 541 g/mol. The number of rotatable bonds is 13. The van der Waals surface area contributed by atoms with Crippen molar-refractivity contribution < 1.29 is 33.4 Å². The molecule has 0 aromatic heterocycles. The van der Waals surface area contributed by atoms with Crippen molar-refractivity contribution in [2.75, 3.05) is 26.1 Å². The highest BCUT2D eigenvalue weighted by Gasteiger charge is 2.35. The van der Waals surface area contributed by atoms with E-state index in [1.54, 1.807) is 58.9 Å². The third-order valence-electron chi connectivity index (χ3n) is 5.00. The maximum absolute atomic E-state index is 12.8. The van der Waals surface area contributed by atoms with Crippen LogP contribution in [0.15, 0.2) is 24.3 Å². The number of nitrogens with two attached hydrogens (primary N) is 1. The Kier molecular flexibility index (Phi) is 12.7. The van der Waals surface area contributed by atoms with Gasteiger partial charge in [0.05, 0.1) is 25.6 Å². The second-order valence-electron chi connectivity index (χ2n) is 9.81. The van der Waals surface area contributed by atoms with Crippen LogP contribution < -0.4 is 26.4 Å². The van der Waals surface area contributed by atoms with E-state index in [1.807, 2.05) is 0 Å². The van der Waals surface area contributed by atoms with Crippen molar-refractivity contribution in [1.29, 1.82) is 0 Å². The summed E-state index contributed by atoms with van der Waals surface area (Å²) < 4.78 is 14.9. The Balaban J connectivity index is 2.66. The summed E-state index contributed by atoms with van der Waals surface area (Å²) in [5.41, 5.74) is 6.37. The van der Waals surface area contributed by atoms with Crippen LogP contribution in [-0.2, 0) is 30.3 Å². The molecule has 1 rings (SSSR count). The molecule has 37 heavy (non-hydrogen) atoms. The summed E-state index contributed by atoms with van der Waals surface area (Å²) in [4.78, 5) is 47.9. The first kappa shape index (κ1) is 32.0. The van der Waals surface area contributed by atoms with Crippen LogP contribution in [-0.4, -0.2) is 72.4 Å². The van der Waals surface area contributed by atoms with E-state index in [0.29, 0.717) is 11.6 Å². The highest BCUT2D eigenvalue weighted by Crippen LogP contribution is 2.26. The summed E-state index contributed by atoms with van der Waals surface area (Å²) in [6.07, 6.45) is -0.331. The lowest BCUT2D eigenvalue weighted by molar-refractivity contribution is -0.145. The quantitative estimate of drug-likeness (QED) is 0.166. The molecule has 0 saturated heterocycles. The number of nitrogens with one attached hydrogen (secondary N) is 3. The molecule has 11 nitrogen and oxygen atoms in total. The predicted molar refractivity (Wildman–Crippen MR) is 142 cm³/mol. The molecule has 0 saturated carbocycles. The second kappa shape index (κ2) is 14.7. The van der Waals surface area contributed by atoms with Crippen LogP contribution in [0, 0.1) is 0 Å². The minimum Gasteiger partial charge on any atom is -0.492 e. The number of thioether (sulfide) groups is 1. The van der Waals surface area contributed by atoms with Gasteiger partial charge in [0.25, 0.3) is 0 Å². The SMILES string of the molecule is COC(=O)C(Cc1ccc(OCCNC(=O)OC(C)(C)C)cc1)NC(=O)[C@@H](N)C(C)(C)SCNC(C)=O. The molecule has 12 heteroatoms. The van der Waals surface area contributed by atoms with E-state index < -0.39 is 40.4 Å². The van der Waals surface area contributed by atoms with Crippen LogP contribution >= 0.6 is 11.8 Å². The summed E-state index contributed by atoms with van der Waals surface area (Å²) in [6, 6.07) is 5.12. The number of methoxy groups -OCH3 is 1. The molecular formula is C25H40N4O7S. The summed E-state index contributed by atoms with van der Waals surface area (Å²) in [5, 5.41) is 7.95. The zero-order chi connectivity index (χ0) is 28.2. The number of carbonyl (C=O) groups excluding carboxylic acids is 4. The van der Waals surface area contributed by atoms with Crippen molar-refractivity contribution in [3.05, 3.63) is 29.8 Å². The maximum Gasteiger partial charge on any atom is 0.407 e. The monoisotopic (exact) mass is 540 g/mol. The van der Waals surface area contributed by atoms with Gasteiger partial charge in [-0.05, 0) is 52.3 Å². The smallest absolute Gasteiger partial charge is 0.407 e. The van der Waals surface area contributed by atoms with Crippen LogP contribution in [0.1, 0.15) is 47.1 Å². The first-order valence-corrected chi connectivity index (χ1v) is 12.8. The standard InChI is InChI=1S/C25H40N4O7S/c1-16(30)28-15-37-25(5,6)20(26)21(31)29-19(22(32)34-7)14-17-8-10-18(11-9-17)35-13-12-27-23(33)36-24(2,3)4/h8-11,19-20H,12-15,26H2,1-7H3,(H,27,33)(H,28,30)(H,29,31)/t19?,20-/m1/s1. The number of hydrogen-bond acceptors (Lipinski definition) is 9. The number of ether oxygens (including phenoxy) is 3. The normalized spacial score (nSPS) is 13.1. The Morgan fingerprint density at radius 1 is 1.03 bits per heavy atom. The third kappa shape index (κ3) is 12.7. The lowest BCUT2D eigenvalue weighted by Gasteiger charge is -2.31. The number of esters is 1. The lowest BCUT2D eigenvalue weighted by atomic mass is 10.0. The molecule has 3 amide bonds. The van der Waals surface area contributed by atoms with Gasteiger partial charge in [-0.3, -0.25) is 9.59 Å². The van der Waals surface area contributed by atoms with E-state index in [2.05, 4.69) is 16.0 Å². The topological polar surface area (TPSA) is 158 Å². The number of hydrogen-bond donors (Lipinski definition) is 4. The highest BCUT2D eigenvalue weighted by molar-refractivity contribution is 8.00. The van der Waals surface area contributed by atoms with Gasteiger partial charge in [0.15, 0.2) is 0 Å². The minimum atomic E-state index is -0.941. The van der Waals surface area contributed by atoms with Crippen LogP contribution in [0.3, 0.4) is 0 Å². The Labute approximate surface area is 222 Å². The van der Waals surface area contributed by atoms with E-state index in [9.17, 15) is 19.2 Å². The molecule has 5 N–H and O–H groups in total. The Morgan fingerprint density at radius 2 is 1.65 bits per heavy atom. The number of alkyl carbamates (subject to hydrolysis) is 1. The molecule has 0 aliphatic carbocycles. The Hall–Kier alpha value is -2.99. The number of carbonyl (C=O) groups is 4. The molecule has 1 unspecified atom stereocenters. The molecule has 0 bridgehead atoms. The summed E-state index contributed by atoms with van der Waals surface area (Å²) in [5.74, 6) is -0.407. The van der Waals surface area contributed by atoms with E-state index in [4.69, 9.17) is 19.9 Å². The van der Waals surface area contributed by atoms with Crippen molar-refractivity contribution in [3.63, 3.8) is 0 Å². The van der Waals surface area contributed by atoms with Gasteiger partial charge in [-0.15, -0.1) is 11.8 Å². The molecule has 0 radical (unpaired) electrons. The van der Waals surface area contributed by atoms with Crippen molar-refractivity contribution in [3.8, 4) is 5.75 Å². The molecule has 0 aliphatic heterocycles. The van der Waals surface area contributed by atoms with Gasteiger partial charge in [-0.2, -0.15) is 0 Å². The summed E-state index contributed by atoms with van der Waals surface area (Å²) >= 11 is 1.32. The van der Waals surface area contributed by atoms with Gasteiger partial charge in [0.1, 0.15) is 24.0 Å². The minimum absolute atomic E-state index is 0.180. The molecule has 1 aromatic carbocycles. The summed E-state index contributed by atoms with van der Waals surface area (Å²) in [6.45, 7) is 10.9. The zero-order valence-corrected chi connectivity index (χ0v) is 23.5. The molecular weight excluding hydrogens is 500 g/mol. The van der Waals surface area contributed by atoms with Crippen LogP contribution in [0.2, 0.25) is 0 Å². The van der Waals surface area contributed by atoms with E-state index in [0.717, 1.165) is 5.56 Å². The molecule has 0 fully saturated rings. The van der Waals surface area contributed by atoms with Crippen molar-refractivity contribution in [2.45, 2.75) is 70.4 Å². The van der Waals surface area contributed by atoms with Gasteiger partial charge in [-0.1, -0.05) is 12.1 Å². The van der Waals surface area contributed by atoms with Crippen molar-refractivity contribution in [1.82, 2.24) is 16.0 Å². The van der Waals surface area contributed by atoms with Crippen LogP contribution in [0.25, 0.3) is 0 Å². The number of amides is 3. The van der Waals surface area contributed by atoms with Gasteiger partial charge >= 0.3 is 12.1 Å². The van der Waals surface area contributed by atoms with Crippen LogP contribution in [0.4, 0.5) is 4.79 Å². The van der Waals surface area contributed by atoms with Crippen molar-refractivity contribution in [2.24, 2.45) is 5.73 Å². The maximum atomic E-state index is 12.8. The van der Waals surface area contributed by atoms with Crippen molar-refractivity contribution >= 4 is 35.6 Å². The molecule has 0 spiro atoms. The van der Waals surface area contributed by atoms with Gasteiger partial charge in [-0.25, -0.2) is 9.59 Å². The number of benzene rings is 1. The summed E-state index contributed by atoms with van der Waals surface area (Å²) in [7, 11) is 1.25. The van der Waals surface area contributed by atoms with E-state index >= 15 is 0 Å². The molecule has 0 aliphatic rings. The highest BCUT2D eigenvalue weighted by atomic mass is 32.2. The van der Waals surface area contributed by atoms with Gasteiger partial charge < -0.3 is 35.9 Å². The fourth-order valence-corrected chi connectivity index (χ4v) is 3.85. The fraction of sp³-hybridized carbons (Fsp3) is 0.600. The van der Waals surface area contributed by atoms with Crippen LogP contribution in [0.5, 0.6) is 5.75 Å². The third-order valence-corrected chi connectivity index (χ3v) is 6.29. The average Bonchev–Trinajstić information content (AvgIpc) is 2.79. The molecule has 0 heterocycles. The van der Waals surface area contributed by atoms with E-state index in [1.165, 1.54) is 25.8 Å². The zero-order valence-electron chi connectivity index (χ0n) is 22.6. The molecule has 1 aromatic rings. The Morgan fingerprint density at radius 3 is 2.19 bits per heavy atom. The van der Waals surface area contributed by atoms with E-state index in [-0.39, 0.29) is 25.5 Å². The lowest BCUT2D eigenvalue weighted by Crippen LogP contribution is -2.56. The first-order valence-electron chi connectivity index (χ1n) is 11.9. The van der Waals surface area contributed by atoms with Gasteiger partial charge in [0, 0.05) is 18.1 Å². The molecule has 208 valence electrons. The first-order chi connectivity index (χ1) is 17.1.